The van der Waals surface area contributed by atoms with E-state index in [-0.39, 0.29) is 0 Å². The molecule has 1 rings (SSSR count). The summed E-state index contributed by atoms with van der Waals surface area (Å²) in [5, 5.41) is 44.4. The third-order valence-electron chi connectivity index (χ3n) is 1.84. The van der Waals surface area contributed by atoms with E-state index >= 15 is 0 Å². The third kappa shape index (κ3) is 1.58. The molecular weight excluding hydrogens is 168 g/mol. The van der Waals surface area contributed by atoms with Gasteiger partial charge < -0.3 is 30.3 Å². The molecule has 5 N–H and O–H groups in total. The zero-order chi connectivity index (χ0) is 9.30. The van der Waals surface area contributed by atoms with Gasteiger partial charge in [0, 0.05) is 0 Å². The van der Waals surface area contributed by atoms with Gasteiger partial charge >= 0.3 is 0 Å². The lowest BCUT2D eigenvalue weighted by Crippen LogP contribution is -2.40. The Bertz CT molecular complexity index is 151. The van der Waals surface area contributed by atoms with Crippen molar-refractivity contribution >= 4 is 0 Å². The fourth-order valence-electron chi connectivity index (χ4n) is 1.11. The maximum absolute atomic E-state index is 9.12. The number of hydrogen-bond acceptors (Lipinski definition) is 6. The van der Waals surface area contributed by atoms with Crippen molar-refractivity contribution < 1.29 is 30.3 Å². The highest BCUT2D eigenvalue weighted by atomic mass is 16.6. The van der Waals surface area contributed by atoms with Crippen molar-refractivity contribution in [2.24, 2.45) is 0 Å². The van der Waals surface area contributed by atoms with E-state index < -0.39 is 37.3 Å². The monoisotopic (exact) mass is 180 g/mol. The van der Waals surface area contributed by atoms with Gasteiger partial charge in [-0.15, -0.1) is 0 Å². The van der Waals surface area contributed by atoms with Crippen molar-refractivity contribution in [1.82, 2.24) is 0 Å². The van der Waals surface area contributed by atoms with E-state index in [4.69, 9.17) is 25.5 Å². The van der Waals surface area contributed by atoms with Gasteiger partial charge in [-0.1, -0.05) is 0 Å². The first kappa shape index (κ1) is 9.85. The molecule has 1 fully saturated rings. The number of hydrogen-bond donors (Lipinski definition) is 5. The Morgan fingerprint density at radius 1 is 1.17 bits per heavy atom. The average molecular weight is 180 g/mol. The molecule has 0 spiro atoms. The van der Waals surface area contributed by atoms with Crippen LogP contribution in [0, 0.1) is 0 Å². The number of ether oxygens (including phenoxy) is 1. The second-order valence-electron chi connectivity index (χ2n) is 2.72. The van der Waals surface area contributed by atoms with Gasteiger partial charge in [-0.2, -0.15) is 0 Å². The Balaban J connectivity index is 2.58. The highest BCUT2D eigenvalue weighted by Crippen LogP contribution is 2.21. The molecule has 72 valence electrons. The van der Waals surface area contributed by atoms with E-state index in [2.05, 4.69) is 4.74 Å². The SMILES string of the molecule is OCC(O)C1O[C@H](O)[C@H](O)[C@H]1O. The fourth-order valence-corrected chi connectivity index (χ4v) is 1.11. The zero-order valence-corrected chi connectivity index (χ0v) is 6.24. The van der Waals surface area contributed by atoms with Gasteiger partial charge in [-0.25, -0.2) is 0 Å². The zero-order valence-electron chi connectivity index (χ0n) is 6.24. The van der Waals surface area contributed by atoms with Crippen LogP contribution in [-0.2, 0) is 4.74 Å². The molecule has 12 heavy (non-hydrogen) atoms. The second kappa shape index (κ2) is 3.65. The minimum Gasteiger partial charge on any atom is -0.394 e. The number of rotatable bonds is 2. The first-order valence-electron chi connectivity index (χ1n) is 3.56. The molecule has 0 bridgehead atoms. The van der Waals surface area contributed by atoms with Crippen LogP contribution in [0.5, 0.6) is 0 Å². The maximum Gasteiger partial charge on any atom is 0.184 e. The molecule has 0 aromatic carbocycles. The lowest BCUT2D eigenvalue weighted by atomic mass is 10.1. The van der Waals surface area contributed by atoms with Gasteiger partial charge in [-0.3, -0.25) is 0 Å². The van der Waals surface area contributed by atoms with Gasteiger partial charge in [0.2, 0.25) is 0 Å². The van der Waals surface area contributed by atoms with Gasteiger partial charge in [0.25, 0.3) is 0 Å². The van der Waals surface area contributed by atoms with Crippen molar-refractivity contribution in [3.05, 3.63) is 0 Å². The van der Waals surface area contributed by atoms with E-state index in [1.54, 1.807) is 0 Å². The summed E-state index contributed by atoms with van der Waals surface area (Å²) in [6.45, 7) is -0.596. The summed E-state index contributed by atoms with van der Waals surface area (Å²) in [7, 11) is 0. The summed E-state index contributed by atoms with van der Waals surface area (Å²) in [4.78, 5) is 0. The van der Waals surface area contributed by atoms with Crippen LogP contribution >= 0.6 is 0 Å². The van der Waals surface area contributed by atoms with Crippen molar-refractivity contribution in [3.63, 3.8) is 0 Å². The second-order valence-corrected chi connectivity index (χ2v) is 2.72. The lowest BCUT2D eigenvalue weighted by molar-refractivity contribution is -0.150. The summed E-state index contributed by atoms with van der Waals surface area (Å²) >= 11 is 0. The summed E-state index contributed by atoms with van der Waals surface area (Å²) in [6, 6.07) is 0. The third-order valence-corrected chi connectivity index (χ3v) is 1.84. The smallest absolute Gasteiger partial charge is 0.184 e. The highest BCUT2D eigenvalue weighted by molar-refractivity contribution is 4.89. The molecule has 2 unspecified atom stereocenters. The Kier molecular flexibility index (Phi) is 2.99. The molecule has 0 aliphatic carbocycles. The molecular formula is C6H12O6. The van der Waals surface area contributed by atoms with Crippen molar-refractivity contribution in [2.75, 3.05) is 6.61 Å². The molecule has 0 saturated carbocycles. The van der Waals surface area contributed by atoms with E-state index in [1.807, 2.05) is 0 Å². The standard InChI is InChI=1S/C6H12O6/c7-1-2(8)5-3(9)4(10)6(11)12-5/h2-11H,1H2/t2?,3-,4-,5?,6+/m1/s1. The van der Waals surface area contributed by atoms with Crippen LogP contribution in [0.1, 0.15) is 0 Å². The topological polar surface area (TPSA) is 110 Å². The van der Waals surface area contributed by atoms with Gasteiger partial charge in [0.1, 0.15) is 24.4 Å². The molecule has 6 nitrogen and oxygen atoms in total. The van der Waals surface area contributed by atoms with E-state index in [0.29, 0.717) is 0 Å². The molecule has 0 amide bonds. The van der Waals surface area contributed by atoms with E-state index in [1.165, 1.54) is 0 Å². The minimum atomic E-state index is -1.51. The van der Waals surface area contributed by atoms with E-state index in [9.17, 15) is 0 Å². The van der Waals surface area contributed by atoms with Crippen molar-refractivity contribution in [3.8, 4) is 0 Å². The van der Waals surface area contributed by atoms with Crippen LogP contribution in [0.25, 0.3) is 0 Å². The molecule has 1 saturated heterocycles. The van der Waals surface area contributed by atoms with E-state index in [0.717, 1.165) is 0 Å². The minimum absolute atomic E-state index is 0.596. The number of aliphatic hydroxyl groups is 5. The van der Waals surface area contributed by atoms with Crippen LogP contribution in [-0.4, -0.2) is 62.8 Å². The number of aliphatic hydroxyl groups excluding tert-OH is 5. The van der Waals surface area contributed by atoms with Gasteiger partial charge in [0.05, 0.1) is 6.61 Å². The molecule has 1 aliphatic heterocycles. The summed E-state index contributed by atoms with van der Waals surface area (Å²) in [5.74, 6) is 0. The molecule has 0 radical (unpaired) electrons. The quantitative estimate of drug-likeness (QED) is 0.306. The van der Waals surface area contributed by atoms with Crippen LogP contribution in [0.15, 0.2) is 0 Å². The van der Waals surface area contributed by atoms with Crippen LogP contribution in [0.2, 0.25) is 0 Å². The predicted molar refractivity (Wildman–Crippen MR) is 36.0 cm³/mol. The summed E-state index contributed by atoms with van der Waals surface area (Å²) < 4.78 is 4.58. The van der Waals surface area contributed by atoms with Gasteiger partial charge in [-0.05, 0) is 0 Å². The molecule has 5 atom stereocenters. The molecule has 0 aromatic rings. The first-order chi connectivity index (χ1) is 5.57. The molecule has 6 heteroatoms. The Morgan fingerprint density at radius 3 is 2.08 bits per heavy atom. The Hall–Kier alpha value is -0.240. The molecule has 1 aliphatic rings. The highest BCUT2D eigenvalue weighted by Gasteiger charge is 2.44. The van der Waals surface area contributed by atoms with Crippen molar-refractivity contribution in [1.29, 1.82) is 0 Å². The summed E-state index contributed by atoms with van der Waals surface area (Å²) in [5.41, 5.74) is 0. The molecule has 1 heterocycles. The van der Waals surface area contributed by atoms with Crippen LogP contribution < -0.4 is 0 Å². The Labute approximate surface area is 68.6 Å². The Morgan fingerprint density at radius 2 is 1.75 bits per heavy atom. The maximum atomic E-state index is 9.12. The largest absolute Gasteiger partial charge is 0.394 e. The molecule has 0 aromatic heterocycles. The average Bonchev–Trinajstić information content (AvgIpc) is 2.32. The normalized spacial score (nSPS) is 44.8. The fraction of sp³-hybridized carbons (Fsp3) is 1.00. The van der Waals surface area contributed by atoms with Gasteiger partial charge in [0.15, 0.2) is 6.29 Å². The predicted octanol–water partition coefficient (Wildman–Crippen LogP) is -3.22. The lowest BCUT2D eigenvalue weighted by Gasteiger charge is -2.18. The summed E-state index contributed by atoms with van der Waals surface area (Å²) in [6.07, 6.45) is -6.75. The first-order valence-corrected chi connectivity index (χ1v) is 3.56. The van der Waals surface area contributed by atoms with Crippen molar-refractivity contribution in [2.45, 2.75) is 30.7 Å². The van der Waals surface area contributed by atoms with Crippen LogP contribution in [0.3, 0.4) is 0 Å². The van der Waals surface area contributed by atoms with Crippen LogP contribution in [0.4, 0.5) is 0 Å².